The Kier molecular flexibility index (Phi) is 5.68. The second-order valence-corrected chi connectivity index (χ2v) is 4.95. The minimum atomic E-state index is -4.45. The minimum Gasteiger partial charge on any atom is -0.398 e. The van der Waals surface area contributed by atoms with Gasteiger partial charge in [0.1, 0.15) is 0 Å². The fourth-order valence-corrected chi connectivity index (χ4v) is 1.75. The number of ether oxygens (including phenoxy) is 1. The highest BCUT2D eigenvalue weighted by Crippen LogP contribution is 2.35. The van der Waals surface area contributed by atoms with Crippen molar-refractivity contribution in [1.82, 2.24) is 0 Å². The predicted octanol–water partition coefficient (Wildman–Crippen LogP) is 3.76. The molecule has 3 N–H and O–H groups in total. The highest BCUT2D eigenvalue weighted by Gasteiger charge is 2.33. The molecule has 0 heterocycles. The fraction of sp³-hybridized carbons (Fsp3) is 0.571. The third-order valence-corrected chi connectivity index (χ3v) is 3.02. The van der Waals surface area contributed by atoms with Crippen molar-refractivity contribution in [3.63, 3.8) is 0 Å². The molecule has 1 unspecified atom stereocenters. The molecule has 0 aromatic heterocycles. The number of rotatable bonds is 6. The van der Waals surface area contributed by atoms with Crippen molar-refractivity contribution in [3.05, 3.63) is 23.8 Å². The van der Waals surface area contributed by atoms with Gasteiger partial charge in [-0.2, -0.15) is 13.2 Å². The number of nitrogen functional groups attached to an aromatic ring is 1. The van der Waals surface area contributed by atoms with Gasteiger partial charge < -0.3 is 15.8 Å². The highest BCUT2D eigenvalue weighted by molar-refractivity contribution is 5.58. The molecule has 1 rings (SSSR count). The van der Waals surface area contributed by atoms with Gasteiger partial charge in [-0.3, -0.25) is 0 Å². The van der Waals surface area contributed by atoms with Crippen LogP contribution in [-0.4, -0.2) is 19.3 Å². The third-order valence-electron chi connectivity index (χ3n) is 3.02. The van der Waals surface area contributed by atoms with E-state index in [1.165, 1.54) is 6.07 Å². The molecule has 1 aromatic carbocycles. The van der Waals surface area contributed by atoms with Crippen LogP contribution in [0.25, 0.3) is 0 Å². The van der Waals surface area contributed by atoms with Crippen LogP contribution < -0.4 is 11.1 Å². The van der Waals surface area contributed by atoms with Crippen molar-refractivity contribution in [1.29, 1.82) is 0 Å². The van der Waals surface area contributed by atoms with E-state index in [-0.39, 0.29) is 17.6 Å². The van der Waals surface area contributed by atoms with Gasteiger partial charge in [0.2, 0.25) is 0 Å². The van der Waals surface area contributed by atoms with Crippen LogP contribution >= 0.6 is 0 Å². The second kappa shape index (κ2) is 6.83. The molecule has 3 nitrogen and oxygen atoms in total. The van der Waals surface area contributed by atoms with Crippen LogP contribution in [0, 0.1) is 5.92 Å². The maximum absolute atomic E-state index is 12.8. The van der Waals surface area contributed by atoms with Gasteiger partial charge in [-0.15, -0.1) is 0 Å². The Hall–Kier alpha value is -1.43. The number of anilines is 2. The van der Waals surface area contributed by atoms with Gasteiger partial charge in [-0.25, -0.2) is 0 Å². The second-order valence-electron chi connectivity index (χ2n) is 4.95. The van der Waals surface area contributed by atoms with Crippen molar-refractivity contribution >= 4 is 11.4 Å². The minimum absolute atomic E-state index is 0.0559. The molecule has 0 spiro atoms. The highest BCUT2D eigenvalue weighted by atomic mass is 19.4. The van der Waals surface area contributed by atoms with E-state index in [0.29, 0.717) is 18.9 Å². The van der Waals surface area contributed by atoms with Gasteiger partial charge in [0, 0.05) is 18.0 Å². The predicted molar refractivity (Wildman–Crippen MR) is 74.6 cm³/mol. The van der Waals surface area contributed by atoms with Crippen molar-refractivity contribution in [2.75, 3.05) is 24.3 Å². The number of hydrogen-bond acceptors (Lipinski definition) is 3. The molecular formula is C14H21F3N2O. The largest absolute Gasteiger partial charge is 0.418 e. The summed E-state index contributed by atoms with van der Waals surface area (Å²) in [6.07, 6.45) is -4.45. The lowest BCUT2D eigenvalue weighted by atomic mass is 10.0. The number of nitrogens with two attached hydrogens (primary N) is 1. The zero-order valence-corrected chi connectivity index (χ0v) is 11.9. The molecule has 0 aliphatic carbocycles. The molecule has 0 amide bonds. The van der Waals surface area contributed by atoms with Crippen LogP contribution in [0.2, 0.25) is 0 Å². The Labute approximate surface area is 117 Å². The van der Waals surface area contributed by atoms with Crippen molar-refractivity contribution < 1.29 is 17.9 Å². The van der Waals surface area contributed by atoms with Crippen molar-refractivity contribution in [2.45, 2.75) is 33.0 Å². The lowest BCUT2D eigenvalue weighted by molar-refractivity contribution is -0.136. The lowest BCUT2D eigenvalue weighted by Crippen LogP contribution is -2.31. The topological polar surface area (TPSA) is 47.3 Å². The molecule has 0 fully saturated rings. The average molecular weight is 290 g/mol. The summed E-state index contributed by atoms with van der Waals surface area (Å²) >= 11 is 0. The summed E-state index contributed by atoms with van der Waals surface area (Å²) in [5, 5.41) is 3.07. The fourth-order valence-electron chi connectivity index (χ4n) is 1.75. The Morgan fingerprint density at radius 3 is 2.45 bits per heavy atom. The summed E-state index contributed by atoms with van der Waals surface area (Å²) in [6.45, 7) is 6.86. The van der Waals surface area contributed by atoms with E-state index in [4.69, 9.17) is 10.5 Å². The summed E-state index contributed by atoms with van der Waals surface area (Å²) in [4.78, 5) is 0. The Morgan fingerprint density at radius 1 is 1.30 bits per heavy atom. The number of halogens is 3. The van der Waals surface area contributed by atoms with Crippen LogP contribution in [0.15, 0.2) is 18.2 Å². The molecule has 1 aromatic rings. The van der Waals surface area contributed by atoms with Crippen LogP contribution in [0.1, 0.15) is 26.3 Å². The smallest absolute Gasteiger partial charge is 0.398 e. The molecule has 0 aliphatic heterocycles. The lowest BCUT2D eigenvalue weighted by Gasteiger charge is -2.24. The van der Waals surface area contributed by atoms with Gasteiger partial charge in [-0.1, -0.05) is 13.8 Å². The first kappa shape index (κ1) is 16.6. The van der Waals surface area contributed by atoms with Crippen LogP contribution in [0.3, 0.4) is 0 Å². The molecule has 1 atom stereocenters. The van der Waals surface area contributed by atoms with Gasteiger partial charge in [0.15, 0.2) is 0 Å². The van der Waals surface area contributed by atoms with E-state index in [1.54, 1.807) is 6.07 Å². The first-order valence-electron chi connectivity index (χ1n) is 6.56. The summed E-state index contributed by atoms with van der Waals surface area (Å²) in [5.74, 6) is 0.230. The molecule has 0 saturated carbocycles. The monoisotopic (exact) mass is 290 g/mol. The summed E-state index contributed by atoms with van der Waals surface area (Å²) in [7, 11) is 0. The Balaban J connectivity index is 2.91. The standard InChI is InChI=1S/C14H21F3N2O/c1-4-20-8-13(9(2)3)19-10-5-6-12(18)11(7-10)14(15,16)17/h5-7,9,13,19H,4,8,18H2,1-3H3. The quantitative estimate of drug-likeness (QED) is 0.784. The molecule has 0 radical (unpaired) electrons. The summed E-state index contributed by atoms with van der Waals surface area (Å²) < 4.78 is 43.7. The van der Waals surface area contributed by atoms with Gasteiger partial charge in [0.05, 0.1) is 18.2 Å². The van der Waals surface area contributed by atoms with E-state index < -0.39 is 11.7 Å². The van der Waals surface area contributed by atoms with E-state index in [0.717, 1.165) is 6.07 Å². The van der Waals surface area contributed by atoms with Crippen molar-refractivity contribution in [2.24, 2.45) is 5.92 Å². The van der Waals surface area contributed by atoms with Crippen LogP contribution in [-0.2, 0) is 10.9 Å². The molecule has 114 valence electrons. The number of hydrogen-bond donors (Lipinski definition) is 2. The van der Waals surface area contributed by atoms with E-state index >= 15 is 0 Å². The molecular weight excluding hydrogens is 269 g/mol. The molecule has 6 heteroatoms. The molecule has 0 saturated heterocycles. The Bertz CT molecular complexity index is 433. The van der Waals surface area contributed by atoms with E-state index in [2.05, 4.69) is 5.32 Å². The van der Waals surface area contributed by atoms with Gasteiger partial charge in [0.25, 0.3) is 0 Å². The zero-order chi connectivity index (χ0) is 15.3. The maximum Gasteiger partial charge on any atom is 0.418 e. The maximum atomic E-state index is 12.8. The summed E-state index contributed by atoms with van der Waals surface area (Å²) in [5.41, 5.74) is 4.68. The first-order chi connectivity index (χ1) is 9.25. The van der Waals surface area contributed by atoms with Crippen LogP contribution in [0.5, 0.6) is 0 Å². The van der Waals surface area contributed by atoms with Gasteiger partial charge >= 0.3 is 6.18 Å². The normalized spacial score (nSPS) is 13.6. The Morgan fingerprint density at radius 2 is 1.95 bits per heavy atom. The van der Waals surface area contributed by atoms with Crippen molar-refractivity contribution in [3.8, 4) is 0 Å². The number of benzene rings is 1. The summed E-state index contributed by atoms with van der Waals surface area (Å²) in [6, 6.07) is 3.80. The first-order valence-corrected chi connectivity index (χ1v) is 6.56. The van der Waals surface area contributed by atoms with E-state index in [9.17, 15) is 13.2 Å². The number of alkyl halides is 3. The van der Waals surface area contributed by atoms with Crippen LogP contribution in [0.4, 0.5) is 24.5 Å². The average Bonchev–Trinajstić information content (AvgIpc) is 2.34. The molecule has 20 heavy (non-hydrogen) atoms. The zero-order valence-electron chi connectivity index (χ0n) is 11.9. The SMILES string of the molecule is CCOCC(Nc1ccc(N)c(C(F)(F)F)c1)C(C)C. The third kappa shape index (κ3) is 4.59. The molecule has 0 aliphatic rings. The van der Waals surface area contributed by atoms with E-state index in [1.807, 2.05) is 20.8 Å². The van der Waals surface area contributed by atoms with Gasteiger partial charge in [-0.05, 0) is 31.0 Å². The number of nitrogens with one attached hydrogen (secondary N) is 1. The molecule has 0 bridgehead atoms.